The SMILES string of the molecule is O=P(c1ccccc1)(c1ccccc1)c1ccc(-c2c3ccccc3cc3ccccc23)cc1. The summed E-state index contributed by atoms with van der Waals surface area (Å²) >= 11 is 0. The summed E-state index contributed by atoms with van der Waals surface area (Å²) in [6.45, 7) is 0. The fourth-order valence-corrected chi connectivity index (χ4v) is 7.53. The second-order valence-corrected chi connectivity index (χ2v) is 11.3. The number of benzene rings is 6. The van der Waals surface area contributed by atoms with Gasteiger partial charge < -0.3 is 4.57 Å². The lowest BCUT2D eigenvalue weighted by Crippen LogP contribution is -2.24. The number of hydrogen-bond donors (Lipinski definition) is 0. The van der Waals surface area contributed by atoms with Gasteiger partial charge in [-0.25, -0.2) is 0 Å². The maximum atomic E-state index is 14.7. The monoisotopic (exact) mass is 454 g/mol. The molecule has 6 rings (SSSR count). The van der Waals surface area contributed by atoms with Gasteiger partial charge in [0.25, 0.3) is 0 Å². The summed E-state index contributed by atoms with van der Waals surface area (Å²) < 4.78 is 14.7. The minimum atomic E-state index is -2.98. The molecule has 0 heterocycles. The molecule has 6 aromatic rings. The summed E-state index contributed by atoms with van der Waals surface area (Å²) in [5.74, 6) is 0. The highest BCUT2D eigenvalue weighted by Crippen LogP contribution is 2.43. The fourth-order valence-electron chi connectivity index (χ4n) is 4.89. The molecule has 2 heteroatoms. The van der Waals surface area contributed by atoms with Crippen LogP contribution in [0.15, 0.2) is 140 Å². The molecule has 0 aliphatic heterocycles. The summed E-state index contributed by atoms with van der Waals surface area (Å²) in [4.78, 5) is 0. The molecule has 0 unspecified atom stereocenters. The van der Waals surface area contributed by atoms with Gasteiger partial charge in [-0.2, -0.15) is 0 Å². The molecular weight excluding hydrogens is 431 g/mol. The van der Waals surface area contributed by atoms with Crippen LogP contribution in [0.1, 0.15) is 0 Å². The highest BCUT2D eigenvalue weighted by Gasteiger charge is 2.29. The Morgan fingerprint density at radius 3 is 1.32 bits per heavy atom. The van der Waals surface area contributed by atoms with Gasteiger partial charge in [-0.1, -0.05) is 133 Å². The van der Waals surface area contributed by atoms with E-state index < -0.39 is 7.14 Å². The van der Waals surface area contributed by atoms with Crippen molar-refractivity contribution in [1.29, 1.82) is 0 Å². The first-order chi connectivity index (χ1) is 16.7. The molecule has 6 aromatic carbocycles. The fraction of sp³-hybridized carbons (Fsp3) is 0. The van der Waals surface area contributed by atoms with Crippen molar-refractivity contribution < 1.29 is 4.57 Å². The predicted molar refractivity (Wildman–Crippen MR) is 146 cm³/mol. The van der Waals surface area contributed by atoms with E-state index in [0.717, 1.165) is 21.5 Å². The third-order valence-electron chi connectivity index (χ3n) is 6.53. The van der Waals surface area contributed by atoms with Gasteiger partial charge in [0.2, 0.25) is 0 Å². The van der Waals surface area contributed by atoms with Crippen LogP contribution in [-0.4, -0.2) is 0 Å². The van der Waals surface area contributed by atoms with Crippen LogP contribution in [0.5, 0.6) is 0 Å². The number of rotatable bonds is 4. The molecule has 1 nitrogen and oxygen atoms in total. The van der Waals surface area contributed by atoms with E-state index in [2.05, 4.69) is 66.7 Å². The Kier molecular flexibility index (Phi) is 5.13. The van der Waals surface area contributed by atoms with Crippen LogP contribution >= 0.6 is 7.14 Å². The number of fused-ring (bicyclic) bond motifs is 2. The molecule has 0 atom stereocenters. The molecule has 0 fully saturated rings. The van der Waals surface area contributed by atoms with Gasteiger partial charge in [-0.15, -0.1) is 0 Å². The van der Waals surface area contributed by atoms with Gasteiger partial charge in [-0.3, -0.25) is 0 Å². The van der Waals surface area contributed by atoms with Crippen LogP contribution < -0.4 is 15.9 Å². The highest BCUT2D eigenvalue weighted by molar-refractivity contribution is 7.85. The van der Waals surface area contributed by atoms with E-state index in [1.165, 1.54) is 27.1 Å². The van der Waals surface area contributed by atoms with Crippen LogP contribution in [0.4, 0.5) is 0 Å². The maximum Gasteiger partial charge on any atom is 0.171 e. The van der Waals surface area contributed by atoms with Gasteiger partial charge in [0.15, 0.2) is 7.14 Å². The van der Waals surface area contributed by atoms with Gasteiger partial charge in [-0.05, 0) is 38.7 Å². The Balaban J connectivity index is 1.56. The first-order valence-electron chi connectivity index (χ1n) is 11.5. The molecule has 0 aromatic heterocycles. The Labute approximate surface area is 199 Å². The lowest BCUT2D eigenvalue weighted by atomic mass is 9.92. The van der Waals surface area contributed by atoms with E-state index in [-0.39, 0.29) is 0 Å². The molecule has 34 heavy (non-hydrogen) atoms. The Bertz CT molecular complexity index is 1560. The summed E-state index contributed by atoms with van der Waals surface area (Å²) in [7, 11) is -2.98. The van der Waals surface area contributed by atoms with Crippen molar-refractivity contribution in [2.75, 3.05) is 0 Å². The van der Waals surface area contributed by atoms with E-state index in [0.29, 0.717) is 0 Å². The van der Waals surface area contributed by atoms with Crippen molar-refractivity contribution in [3.05, 3.63) is 140 Å². The average molecular weight is 455 g/mol. The zero-order valence-electron chi connectivity index (χ0n) is 18.6. The van der Waals surface area contributed by atoms with Gasteiger partial charge >= 0.3 is 0 Å². The molecule has 0 radical (unpaired) electrons. The lowest BCUT2D eigenvalue weighted by Gasteiger charge is -2.20. The van der Waals surface area contributed by atoms with Crippen molar-refractivity contribution in [1.82, 2.24) is 0 Å². The van der Waals surface area contributed by atoms with E-state index in [1.54, 1.807) is 0 Å². The summed E-state index contributed by atoms with van der Waals surface area (Å²) in [5, 5.41) is 7.44. The zero-order valence-corrected chi connectivity index (χ0v) is 19.5. The summed E-state index contributed by atoms with van der Waals surface area (Å²) in [6, 6.07) is 47.3. The highest BCUT2D eigenvalue weighted by atomic mass is 31.2. The van der Waals surface area contributed by atoms with Crippen molar-refractivity contribution in [3.63, 3.8) is 0 Å². The summed E-state index contributed by atoms with van der Waals surface area (Å²) in [5.41, 5.74) is 2.35. The van der Waals surface area contributed by atoms with E-state index in [1.807, 2.05) is 72.8 Å². The van der Waals surface area contributed by atoms with Crippen molar-refractivity contribution in [2.45, 2.75) is 0 Å². The Morgan fingerprint density at radius 1 is 0.412 bits per heavy atom. The van der Waals surface area contributed by atoms with Crippen LogP contribution in [-0.2, 0) is 4.57 Å². The quantitative estimate of drug-likeness (QED) is 0.202. The molecule has 0 spiro atoms. The molecule has 0 N–H and O–H groups in total. The standard InChI is InChI=1S/C32H23OP/c33-34(27-13-3-1-4-14-27,28-15-5-2-6-16-28)29-21-19-24(20-22-29)32-30-17-9-7-11-25(30)23-26-12-8-10-18-31(26)32/h1-23H. The third kappa shape index (κ3) is 3.37. The Morgan fingerprint density at radius 2 is 0.824 bits per heavy atom. The van der Waals surface area contributed by atoms with E-state index in [9.17, 15) is 4.57 Å². The minimum Gasteiger partial charge on any atom is -0.309 e. The zero-order chi connectivity index (χ0) is 23.0. The lowest BCUT2D eigenvalue weighted by molar-refractivity contribution is 0.592. The molecule has 0 saturated carbocycles. The Hall–Kier alpha value is -3.93. The van der Waals surface area contributed by atoms with Crippen LogP contribution in [0, 0.1) is 0 Å². The van der Waals surface area contributed by atoms with Crippen LogP contribution in [0.25, 0.3) is 32.7 Å². The van der Waals surface area contributed by atoms with Gasteiger partial charge in [0, 0.05) is 15.9 Å². The van der Waals surface area contributed by atoms with Gasteiger partial charge in [0.05, 0.1) is 0 Å². The average Bonchev–Trinajstić information content (AvgIpc) is 2.92. The predicted octanol–water partition coefficient (Wildman–Crippen LogP) is 7.30. The third-order valence-corrected chi connectivity index (χ3v) is 9.61. The molecule has 0 bridgehead atoms. The van der Waals surface area contributed by atoms with Gasteiger partial charge in [0.1, 0.15) is 0 Å². The van der Waals surface area contributed by atoms with Crippen LogP contribution in [0.2, 0.25) is 0 Å². The van der Waals surface area contributed by atoms with Crippen LogP contribution in [0.3, 0.4) is 0 Å². The minimum absolute atomic E-state index is 0.846. The first kappa shape index (κ1) is 20.7. The van der Waals surface area contributed by atoms with E-state index in [4.69, 9.17) is 0 Å². The largest absolute Gasteiger partial charge is 0.309 e. The first-order valence-corrected chi connectivity index (χ1v) is 13.2. The van der Waals surface area contributed by atoms with Crippen molar-refractivity contribution in [3.8, 4) is 11.1 Å². The molecule has 162 valence electrons. The maximum absolute atomic E-state index is 14.7. The molecule has 0 aliphatic rings. The second-order valence-electron chi connectivity index (χ2n) is 8.52. The normalized spacial score (nSPS) is 11.6. The molecule has 0 aliphatic carbocycles. The summed E-state index contributed by atoms with van der Waals surface area (Å²) in [6.07, 6.45) is 0. The topological polar surface area (TPSA) is 17.1 Å². The molecule has 0 amide bonds. The smallest absolute Gasteiger partial charge is 0.171 e. The molecular formula is C32H23OP. The van der Waals surface area contributed by atoms with Crippen molar-refractivity contribution >= 4 is 44.6 Å². The molecule has 0 saturated heterocycles. The van der Waals surface area contributed by atoms with E-state index >= 15 is 0 Å². The number of hydrogen-bond acceptors (Lipinski definition) is 1. The van der Waals surface area contributed by atoms with Crippen molar-refractivity contribution in [2.24, 2.45) is 0 Å². The second kappa shape index (κ2) is 8.45.